The van der Waals surface area contributed by atoms with Gasteiger partial charge in [0.15, 0.2) is 0 Å². The zero-order valence-corrected chi connectivity index (χ0v) is 9.90. The van der Waals surface area contributed by atoms with E-state index >= 15 is 0 Å². The van der Waals surface area contributed by atoms with E-state index in [4.69, 9.17) is 0 Å². The molecule has 1 nitrogen and oxygen atoms in total. The van der Waals surface area contributed by atoms with Gasteiger partial charge in [0, 0.05) is 5.75 Å². The van der Waals surface area contributed by atoms with Crippen molar-refractivity contribution in [2.45, 2.75) is 26.5 Å². The second kappa shape index (κ2) is 5.30. The Labute approximate surface area is 90.5 Å². The predicted molar refractivity (Wildman–Crippen MR) is 63.8 cm³/mol. The summed E-state index contributed by atoms with van der Waals surface area (Å²) >= 11 is 1.95. The maximum absolute atomic E-state index is 9.24. The van der Waals surface area contributed by atoms with E-state index < -0.39 is 0 Å². The lowest BCUT2D eigenvalue weighted by molar-refractivity contribution is 0.474. The molecule has 0 aliphatic carbocycles. The zero-order valence-electron chi connectivity index (χ0n) is 9.08. The summed E-state index contributed by atoms with van der Waals surface area (Å²) in [5.74, 6) is 3.35. The Morgan fingerprint density at radius 3 is 2.64 bits per heavy atom. The Balaban J connectivity index is 2.51. The molecule has 0 aliphatic rings. The first-order valence-corrected chi connectivity index (χ1v) is 6.11. The molecule has 0 saturated heterocycles. The highest BCUT2D eigenvalue weighted by atomic mass is 32.2. The molecule has 0 heterocycles. The van der Waals surface area contributed by atoms with E-state index in [2.05, 4.69) is 13.8 Å². The van der Waals surface area contributed by atoms with Crippen LogP contribution in [0.1, 0.15) is 25.0 Å². The van der Waals surface area contributed by atoms with Crippen LogP contribution in [0.4, 0.5) is 0 Å². The molecule has 0 radical (unpaired) electrons. The lowest BCUT2D eigenvalue weighted by Gasteiger charge is -2.07. The van der Waals surface area contributed by atoms with Gasteiger partial charge in [-0.2, -0.15) is 11.8 Å². The van der Waals surface area contributed by atoms with Crippen LogP contribution in [-0.4, -0.2) is 10.9 Å². The minimum Gasteiger partial charge on any atom is -0.508 e. The van der Waals surface area contributed by atoms with E-state index in [1.54, 1.807) is 6.07 Å². The zero-order chi connectivity index (χ0) is 10.6. The van der Waals surface area contributed by atoms with E-state index in [0.717, 1.165) is 11.7 Å². The van der Waals surface area contributed by atoms with Crippen LogP contribution in [0, 0.1) is 12.8 Å². The van der Waals surface area contributed by atoms with E-state index in [0.29, 0.717) is 5.75 Å². The smallest absolute Gasteiger partial charge is 0.115 e. The molecule has 0 unspecified atom stereocenters. The topological polar surface area (TPSA) is 20.2 Å². The van der Waals surface area contributed by atoms with Crippen molar-refractivity contribution in [2.75, 3.05) is 5.75 Å². The fourth-order valence-corrected chi connectivity index (χ4v) is 2.38. The minimum atomic E-state index is 0.361. The molecule has 0 fully saturated rings. The number of aromatic hydroxyl groups is 1. The molecule has 2 heteroatoms. The Morgan fingerprint density at radius 2 is 2.07 bits per heavy atom. The van der Waals surface area contributed by atoms with E-state index in [1.165, 1.54) is 16.9 Å². The number of thioether (sulfide) groups is 1. The molecule has 1 N–H and O–H groups in total. The van der Waals surface area contributed by atoms with Gasteiger partial charge in [-0.3, -0.25) is 0 Å². The summed E-state index contributed by atoms with van der Waals surface area (Å²) in [7, 11) is 0. The molecule has 1 rings (SSSR count). The molecule has 0 bridgehead atoms. The van der Waals surface area contributed by atoms with Gasteiger partial charge in [0.25, 0.3) is 0 Å². The van der Waals surface area contributed by atoms with E-state index in [1.807, 2.05) is 30.8 Å². The number of hydrogen-bond donors (Lipinski definition) is 1. The highest BCUT2D eigenvalue weighted by Gasteiger charge is 2.00. The van der Waals surface area contributed by atoms with E-state index in [-0.39, 0.29) is 0 Å². The van der Waals surface area contributed by atoms with Gasteiger partial charge in [-0.25, -0.2) is 0 Å². The Hall–Kier alpha value is -0.630. The van der Waals surface area contributed by atoms with E-state index in [9.17, 15) is 5.11 Å². The van der Waals surface area contributed by atoms with Crippen molar-refractivity contribution in [1.82, 2.24) is 0 Å². The summed E-state index contributed by atoms with van der Waals surface area (Å²) < 4.78 is 0. The molecule has 0 spiro atoms. The summed E-state index contributed by atoms with van der Waals surface area (Å²) in [5.41, 5.74) is 2.51. The van der Waals surface area contributed by atoms with Crippen LogP contribution in [0.3, 0.4) is 0 Å². The fraction of sp³-hybridized carbons (Fsp3) is 0.500. The van der Waals surface area contributed by atoms with Gasteiger partial charge in [-0.05, 0) is 41.9 Å². The van der Waals surface area contributed by atoms with Crippen LogP contribution in [0.5, 0.6) is 5.75 Å². The maximum Gasteiger partial charge on any atom is 0.115 e. The second-order valence-electron chi connectivity index (χ2n) is 4.02. The summed E-state index contributed by atoms with van der Waals surface area (Å²) in [6, 6.07) is 5.60. The molecule has 14 heavy (non-hydrogen) atoms. The van der Waals surface area contributed by atoms with Crippen LogP contribution >= 0.6 is 11.8 Å². The molecule has 0 aromatic heterocycles. The van der Waals surface area contributed by atoms with Gasteiger partial charge in [-0.1, -0.05) is 19.9 Å². The maximum atomic E-state index is 9.24. The highest BCUT2D eigenvalue weighted by Crippen LogP contribution is 2.21. The molecule has 0 amide bonds. The Morgan fingerprint density at radius 1 is 1.36 bits per heavy atom. The number of hydrogen-bond acceptors (Lipinski definition) is 2. The first-order valence-electron chi connectivity index (χ1n) is 4.96. The van der Waals surface area contributed by atoms with Crippen LogP contribution in [-0.2, 0) is 5.75 Å². The number of phenols is 1. The van der Waals surface area contributed by atoms with Crippen molar-refractivity contribution in [1.29, 1.82) is 0 Å². The third-order valence-corrected chi connectivity index (χ3v) is 3.45. The largest absolute Gasteiger partial charge is 0.508 e. The van der Waals surface area contributed by atoms with Gasteiger partial charge in [0.05, 0.1) is 0 Å². The molecule has 0 aliphatic heterocycles. The molecule has 1 aromatic rings. The van der Waals surface area contributed by atoms with Crippen molar-refractivity contribution < 1.29 is 5.11 Å². The average molecular weight is 210 g/mol. The third-order valence-electron chi connectivity index (χ3n) is 2.03. The molecule has 1 aromatic carbocycles. The Bertz CT molecular complexity index is 294. The molecule has 0 saturated carbocycles. The lowest BCUT2D eigenvalue weighted by Crippen LogP contribution is -1.93. The normalized spacial score (nSPS) is 10.9. The van der Waals surface area contributed by atoms with Crippen LogP contribution in [0.15, 0.2) is 18.2 Å². The van der Waals surface area contributed by atoms with Crippen molar-refractivity contribution in [2.24, 2.45) is 5.92 Å². The third kappa shape index (κ3) is 3.62. The monoisotopic (exact) mass is 210 g/mol. The summed E-state index contributed by atoms with van der Waals surface area (Å²) in [5, 5.41) is 9.24. The quantitative estimate of drug-likeness (QED) is 0.819. The highest BCUT2D eigenvalue weighted by molar-refractivity contribution is 7.98. The first-order chi connectivity index (χ1) is 6.59. The summed E-state index contributed by atoms with van der Waals surface area (Å²) in [6.45, 7) is 6.51. The number of aryl methyl sites for hydroxylation is 1. The van der Waals surface area contributed by atoms with Crippen molar-refractivity contribution in [3.05, 3.63) is 29.3 Å². The first kappa shape index (κ1) is 11.4. The SMILES string of the molecule is Cc1cc(O)ccc1CSCC(C)C. The molecule has 78 valence electrons. The number of phenolic OH excluding ortho intramolecular Hbond substituents is 1. The van der Waals surface area contributed by atoms with Gasteiger partial charge in [0.1, 0.15) is 5.75 Å². The van der Waals surface area contributed by atoms with Gasteiger partial charge in [0.2, 0.25) is 0 Å². The number of benzene rings is 1. The molecule has 0 atom stereocenters. The average Bonchev–Trinajstić information content (AvgIpc) is 2.08. The van der Waals surface area contributed by atoms with Gasteiger partial charge in [-0.15, -0.1) is 0 Å². The second-order valence-corrected chi connectivity index (χ2v) is 5.05. The fourth-order valence-electron chi connectivity index (χ4n) is 1.25. The van der Waals surface area contributed by atoms with Crippen LogP contribution in [0.2, 0.25) is 0 Å². The van der Waals surface area contributed by atoms with Gasteiger partial charge < -0.3 is 5.11 Å². The van der Waals surface area contributed by atoms with Crippen LogP contribution < -0.4 is 0 Å². The summed E-state index contributed by atoms with van der Waals surface area (Å²) in [6.07, 6.45) is 0. The van der Waals surface area contributed by atoms with Crippen molar-refractivity contribution >= 4 is 11.8 Å². The van der Waals surface area contributed by atoms with Gasteiger partial charge >= 0.3 is 0 Å². The summed E-state index contributed by atoms with van der Waals surface area (Å²) in [4.78, 5) is 0. The minimum absolute atomic E-state index is 0.361. The predicted octanol–water partition coefficient (Wildman–Crippen LogP) is 3.59. The Kier molecular flexibility index (Phi) is 4.33. The van der Waals surface area contributed by atoms with Crippen LogP contribution in [0.25, 0.3) is 0 Å². The van der Waals surface area contributed by atoms with Crippen molar-refractivity contribution in [3.63, 3.8) is 0 Å². The van der Waals surface area contributed by atoms with Crippen molar-refractivity contribution in [3.8, 4) is 5.75 Å². The molecular weight excluding hydrogens is 192 g/mol. The lowest BCUT2D eigenvalue weighted by atomic mass is 10.1. The molecular formula is C12H18OS. The number of rotatable bonds is 4. The standard InChI is InChI=1S/C12H18OS/c1-9(2)7-14-8-11-4-5-12(13)6-10(11)3/h4-6,9,13H,7-8H2,1-3H3.